The number of ether oxygens (including phenoxy) is 2. The normalized spacial score (nSPS) is 9.00. The van der Waals surface area contributed by atoms with E-state index in [-0.39, 0.29) is 12.8 Å². The van der Waals surface area contributed by atoms with Crippen LogP contribution in [0.3, 0.4) is 0 Å². The third kappa shape index (κ3) is 7.51. The molecule has 1 N–H and O–H groups in total. The van der Waals surface area contributed by atoms with Crippen LogP contribution < -0.4 is 0 Å². The lowest BCUT2D eigenvalue weighted by Gasteiger charge is -2.00. The van der Waals surface area contributed by atoms with Gasteiger partial charge in [0.15, 0.2) is 5.90 Å². The van der Waals surface area contributed by atoms with E-state index < -0.39 is 22.7 Å². The minimum Gasteiger partial charge on any atom is -0.400 e. The van der Waals surface area contributed by atoms with Crippen molar-refractivity contribution in [2.45, 2.75) is 12.8 Å². The molecule has 6 nitrogen and oxygen atoms in total. The second-order valence-electron chi connectivity index (χ2n) is 1.97. The van der Waals surface area contributed by atoms with E-state index >= 15 is 0 Å². The summed E-state index contributed by atoms with van der Waals surface area (Å²) in [7, 11) is 0. The number of hydrogen-bond donors (Lipinski definition) is 1. The Bertz CT molecular complexity index is 249. The van der Waals surface area contributed by atoms with E-state index in [0.29, 0.717) is 0 Å². The third-order valence-corrected chi connectivity index (χ3v) is 1.11. The van der Waals surface area contributed by atoms with E-state index in [2.05, 4.69) is 9.47 Å². The topological polar surface area (TPSA) is 93.5 Å². The van der Waals surface area contributed by atoms with Crippen molar-refractivity contribution in [3.05, 3.63) is 0 Å². The smallest absolute Gasteiger partial charge is 0.400 e. The van der Waals surface area contributed by atoms with Crippen LogP contribution >= 0.6 is 23.2 Å². The van der Waals surface area contributed by atoms with E-state index in [9.17, 15) is 14.4 Å². The van der Waals surface area contributed by atoms with E-state index in [1.165, 1.54) is 0 Å². The summed E-state index contributed by atoms with van der Waals surface area (Å²) >= 11 is 9.51. The van der Waals surface area contributed by atoms with Crippen LogP contribution in [0.5, 0.6) is 0 Å². The van der Waals surface area contributed by atoms with Crippen LogP contribution in [0.25, 0.3) is 0 Å². The summed E-state index contributed by atoms with van der Waals surface area (Å²) in [4.78, 5) is 30.8. The van der Waals surface area contributed by atoms with E-state index in [1.54, 1.807) is 0 Å². The Labute approximate surface area is 88.6 Å². The minimum absolute atomic E-state index is 0.207. The Morgan fingerprint density at radius 2 is 1.50 bits per heavy atom. The number of rotatable bonds is 3. The minimum atomic E-state index is -1.25. The number of nitrogens with one attached hydrogen (secondary N) is 1. The van der Waals surface area contributed by atoms with Crippen molar-refractivity contribution in [1.29, 1.82) is 5.41 Å². The van der Waals surface area contributed by atoms with Gasteiger partial charge in [-0.2, -0.15) is 0 Å². The first-order valence-electron chi connectivity index (χ1n) is 3.26. The van der Waals surface area contributed by atoms with E-state index in [4.69, 9.17) is 28.6 Å². The summed E-state index contributed by atoms with van der Waals surface area (Å²) in [6, 6.07) is 0. The molecular formula is C6H5Cl2NO5. The zero-order chi connectivity index (χ0) is 11.1. The number of carbonyl (C=O) groups is 3. The summed E-state index contributed by atoms with van der Waals surface area (Å²) in [6.07, 6.45) is -0.511. The first kappa shape index (κ1) is 12.9. The Balaban J connectivity index is 3.72. The average Bonchev–Trinajstić information content (AvgIpc) is 1.98. The molecule has 0 spiro atoms. The summed E-state index contributed by atoms with van der Waals surface area (Å²) in [5.41, 5.74) is -2.42. The molecule has 0 bridgehead atoms. The molecular weight excluding hydrogens is 237 g/mol. The van der Waals surface area contributed by atoms with E-state index in [1.807, 2.05) is 0 Å². The molecule has 78 valence electrons. The summed E-state index contributed by atoms with van der Waals surface area (Å²) in [5.74, 6) is -1.41. The van der Waals surface area contributed by atoms with Gasteiger partial charge in [-0.3, -0.25) is 10.2 Å². The van der Waals surface area contributed by atoms with Gasteiger partial charge in [-0.1, -0.05) is 0 Å². The number of carbonyl (C=O) groups excluding carboxylic acids is 3. The van der Waals surface area contributed by atoms with Gasteiger partial charge in [0.05, 0.1) is 6.42 Å². The lowest BCUT2D eigenvalue weighted by Crippen LogP contribution is -2.11. The van der Waals surface area contributed by atoms with Crippen LogP contribution in [0.15, 0.2) is 0 Å². The van der Waals surface area contributed by atoms with Gasteiger partial charge in [0.2, 0.25) is 0 Å². The average molecular weight is 242 g/mol. The van der Waals surface area contributed by atoms with Crippen molar-refractivity contribution < 1.29 is 23.9 Å². The Morgan fingerprint density at radius 1 is 1.00 bits per heavy atom. The fraction of sp³-hybridized carbons (Fsp3) is 0.333. The number of hydrogen-bond acceptors (Lipinski definition) is 6. The van der Waals surface area contributed by atoms with Crippen LogP contribution in [-0.2, 0) is 14.3 Å². The van der Waals surface area contributed by atoms with Gasteiger partial charge < -0.3 is 9.47 Å². The van der Waals surface area contributed by atoms with Gasteiger partial charge in [-0.15, -0.1) is 0 Å². The van der Waals surface area contributed by atoms with Crippen molar-refractivity contribution in [2.75, 3.05) is 0 Å². The van der Waals surface area contributed by atoms with Crippen LogP contribution in [0, 0.1) is 5.41 Å². The van der Waals surface area contributed by atoms with Crippen molar-refractivity contribution in [3.8, 4) is 0 Å². The molecule has 0 saturated carbocycles. The van der Waals surface area contributed by atoms with Crippen LogP contribution in [0.2, 0.25) is 0 Å². The molecule has 0 saturated heterocycles. The fourth-order valence-electron chi connectivity index (χ4n) is 0.504. The van der Waals surface area contributed by atoms with Gasteiger partial charge >= 0.3 is 16.8 Å². The maximum Gasteiger partial charge on any atom is 0.411 e. The maximum atomic E-state index is 10.6. The van der Waals surface area contributed by atoms with E-state index in [0.717, 1.165) is 0 Å². The highest BCUT2D eigenvalue weighted by atomic mass is 35.5. The predicted octanol–water partition coefficient (Wildman–Crippen LogP) is 2.02. The predicted molar refractivity (Wildman–Crippen MR) is 46.6 cm³/mol. The second kappa shape index (κ2) is 6.33. The molecule has 0 unspecified atom stereocenters. The maximum absolute atomic E-state index is 10.6. The van der Waals surface area contributed by atoms with Crippen LogP contribution in [0.1, 0.15) is 12.8 Å². The molecule has 0 aliphatic rings. The zero-order valence-electron chi connectivity index (χ0n) is 6.71. The lowest BCUT2D eigenvalue weighted by molar-refractivity contribution is -0.136. The first-order valence-corrected chi connectivity index (χ1v) is 4.02. The molecule has 0 radical (unpaired) electrons. The SMILES string of the molecule is N=C(CCC(=O)OC(=O)Cl)OC(=O)Cl. The van der Waals surface area contributed by atoms with Gasteiger partial charge in [0, 0.05) is 29.6 Å². The van der Waals surface area contributed by atoms with Crippen LogP contribution in [-0.4, -0.2) is 22.7 Å². The molecule has 14 heavy (non-hydrogen) atoms. The zero-order valence-corrected chi connectivity index (χ0v) is 8.22. The molecule has 0 amide bonds. The highest BCUT2D eigenvalue weighted by molar-refractivity contribution is 6.62. The fourth-order valence-corrected chi connectivity index (χ4v) is 0.683. The molecule has 0 aromatic heterocycles. The van der Waals surface area contributed by atoms with Crippen molar-refractivity contribution in [3.63, 3.8) is 0 Å². The summed E-state index contributed by atoms with van der Waals surface area (Å²) < 4.78 is 8.01. The van der Waals surface area contributed by atoms with Crippen molar-refractivity contribution in [1.82, 2.24) is 0 Å². The largest absolute Gasteiger partial charge is 0.411 e. The third-order valence-electron chi connectivity index (χ3n) is 0.954. The Kier molecular flexibility index (Phi) is 5.82. The first-order chi connectivity index (χ1) is 6.41. The van der Waals surface area contributed by atoms with Gasteiger partial charge in [-0.05, 0) is 0 Å². The highest BCUT2D eigenvalue weighted by Gasteiger charge is 2.11. The quantitative estimate of drug-likeness (QED) is 0.268. The molecule has 8 heteroatoms. The second-order valence-corrected chi connectivity index (χ2v) is 2.59. The Morgan fingerprint density at radius 3 is 1.93 bits per heavy atom. The van der Waals surface area contributed by atoms with Gasteiger partial charge in [0.25, 0.3) is 0 Å². The monoisotopic (exact) mass is 241 g/mol. The molecule has 0 heterocycles. The lowest BCUT2D eigenvalue weighted by atomic mass is 10.3. The molecule has 0 rings (SSSR count). The highest BCUT2D eigenvalue weighted by Crippen LogP contribution is 2.00. The van der Waals surface area contributed by atoms with Gasteiger partial charge in [-0.25, -0.2) is 9.59 Å². The molecule has 0 aromatic rings. The molecule has 0 aliphatic heterocycles. The summed E-state index contributed by atoms with van der Waals surface area (Å²) in [6.45, 7) is 0. The molecule has 0 atom stereocenters. The molecule has 0 fully saturated rings. The van der Waals surface area contributed by atoms with Crippen molar-refractivity contribution >= 4 is 45.9 Å². The van der Waals surface area contributed by atoms with Gasteiger partial charge in [0.1, 0.15) is 0 Å². The van der Waals surface area contributed by atoms with Crippen LogP contribution in [0.4, 0.5) is 9.59 Å². The number of halogens is 2. The van der Waals surface area contributed by atoms with Crippen molar-refractivity contribution in [2.24, 2.45) is 0 Å². The molecule has 0 aromatic carbocycles. The molecule has 0 aliphatic carbocycles. The Hall–Kier alpha value is -1.14. The summed E-state index contributed by atoms with van der Waals surface area (Å²) in [5, 5.41) is 6.94. The standard InChI is InChI=1S/C6H5Cl2NO5/c7-5(11)13-3(9)1-2-4(10)14-6(8)12/h9H,1-2H2. The number of esters is 1.